The van der Waals surface area contributed by atoms with Crippen molar-refractivity contribution >= 4 is 22.2 Å². The minimum atomic E-state index is -0.201. The van der Waals surface area contributed by atoms with Crippen molar-refractivity contribution in [3.63, 3.8) is 0 Å². The second-order valence-electron chi connectivity index (χ2n) is 4.87. The zero-order valence-electron chi connectivity index (χ0n) is 11.4. The van der Waals surface area contributed by atoms with Crippen LogP contribution in [0.15, 0.2) is 17.8 Å². The van der Waals surface area contributed by atoms with Crippen LogP contribution in [0.25, 0.3) is 4.96 Å². The molecule has 0 bridgehead atoms. The maximum atomic E-state index is 12.2. The van der Waals surface area contributed by atoms with E-state index in [9.17, 15) is 4.79 Å². The number of carbonyl (C=O) groups is 1. The van der Waals surface area contributed by atoms with Gasteiger partial charge in [0.05, 0.1) is 24.9 Å². The molecule has 108 valence electrons. The first-order chi connectivity index (χ1) is 9.74. The van der Waals surface area contributed by atoms with Gasteiger partial charge < -0.3 is 15.0 Å². The molecule has 0 aliphatic carbocycles. The molecule has 3 rings (SSSR count). The summed E-state index contributed by atoms with van der Waals surface area (Å²) in [4.78, 5) is 19.6. The van der Waals surface area contributed by atoms with Gasteiger partial charge in [0, 0.05) is 37.4 Å². The van der Waals surface area contributed by atoms with Gasteiger partial charge in [0.15, 0.2) is 4.96 Å². The lowest BCUT2D eigenvalue weighted by atomic mass is 10.2. The number of amides is 1. The Morgan fingerprint density at radius 1 is 1.55 bits per heavy atom. The third-order valence-corrected chi connectivity index (χ3v) is 4.20. The van der Waals surface area contributed by atoms with Crippen LogP contribution in [0.5, 0.6) is 0 Å². The highest BCUT2D eigenvalue weighted by atomic mass is 32.1. The molecule has 0 aromatic carbocycles. The second-order valence-corrected chi connectivity index (χ2v) is 5.74. The molecule has 7 heteroatoms. The maximum Gasteiger partial charge on any atom is 0.239 e. The number of imidazole rings is 1. The summed E-state index contributed by atoms with van der Waals surface area (Å²) in [5.74, 6) is 0.134. The lowest BCUT2D eigenvalue weighted by molar-refractivity contribution is -0.137. The minimum absolute atomic E-state index is 0.134. The Morgan fingerprint density at radius 3 is 3.10 bits per heavy atom. The molecule has 0 radical (unpaired) electrons. The van der Waals surface area contributed by atoms with E-state index in [-0.39, 0.29) is 11.9 Å². The Hall–Kier alpha value is -1.44. The van der Waals surface area contributed by atoms with E-state index in [1.54, 1.807) is 11.3 Å². The summed E-state index contributed by atoms with van der Waals surface area (Å²) >= 11 is 1.61. The van der Waals surface area contributed by atoms with Crippen molar-refractivity contribution in [2.45, 2.75) is 19.5 Å². The van der Waals surface area contributed by atoms with Gasteiger partial charge in [-0.2, -0.15) is 0 Å². The van der Waals surface area contributed by atoms with Crippen LogP contribution in [0.2, 0.25) is 0 Å². The summed E-state index contributed by atoms with van der Waals surface area (Å²) in [6, 6.07) is -0.201. The highest BCUT2D eigenvalue weighted by Crippen LogP contribution is 2.11. The van der Waals surface area contributed by atoms with Gasteiger partial charge in [-0.3, -0.25) is 9.20 Å². The first-order valence-corrected chi connectivity index (χ1v) is 7.63. The highest BCUT2D eigenvalue weighted by molar-refractivity contribution is 7.15. The van der Waals surface area contributed by atoms with Gasteiger partial charge in [-0.05, 0) is 6.92 Å². The fraction of sp³-hybridized carbons (Fsp3) is 0.538. The molecule has 1 fully saturated rings. The van der Waals surface area contributed by atoms with Crippen molar-refractivity contribution in [2.24, 2.45) is 0 Å². The van der Waals surface area contributed by atoms with E-state index in [0.717, 1.165) is 10.7 Å². The molecule has 1 aliphatic rings. The molecule has 0 saturated carbocycles. The number of rotatable bonds is 4. The largest absolute Gasteiger partial charge is 0.378 e. The van der Waals surface area contributed by atoms with Gasteiger partial charge >= 0.3 is 0 Å². The number of carbonyl (C=O) groups excluding carboxylic acids is 1. The molecular weight excluding hydrogens is 276 g/mol. The molecule has 1 N–H and O–H groups in total. The van der Waals surface area contributed by atoms with Crippen molar-refractivity contribution in [2.75, 3.05) is 26.3 Å². The lowest BCUT2D eigenvalue weighted by Gasteiger charge is -2.29. The molecular formula is C13H18N4O2S. The molecule has 6 nitrogen and oxygen atoms in total. The molecule has 0 spiro atoms. The van der Waals surface area contributed by atoms with E-state index in [2.05, 4.69) is 10.3 Å². The molecule has 1 saturated heterocycles. The monoisotopic (exact) mass is 294 g/mol. The normalized spacial score (nSPS) is 17.6. The van der Waals surface area contributed by atoms with E-state index in [4.69, 9.17) is 4.74 Å². The number of hydrogen-bond acceptors (Lipinski definition) is 5. The predicted molar refractivity (Wildman–Crippen MR) is 76.8 cm³/mol. The maximum absolute atomic E-state index is 12.2. The number of aromatic nitrogens is 2. The van der Waals surface area contributed by atoms with E-state index in [1.807, 2.05) is 34.0 Å². The van der Waals surface area contributed by atoms with Gasteiger partial charge in [-0.15, -0.1) is 11.3 Å². The number of thiazole rings is 1. The number of morpholine rings is 1. The smallest absolute Gasteiger partial charge is 0.239 e. The standard InChI is InChI=1S/C13H18N4O2S/c1-10(12(18)16-2-5-19-6-3-16)14-8-11-9-17-4-7-20-13(17)15-11/h4,7,9-10,14H,2-3,5-6,8H2,1H3. The fourth-order valence-corrected chi connectivity index (χ4v) is 2.98. The van der Waals surface area contributed by atoms with Crippen LogP contribution in [-0.4, -0.2) is 52.5 Å². The lowest BCUT2D eigenvalue weighted by Crippen LogP contribution is -2.49. The highest BCUT2D eigenvalue weighted by Gasteiger charge is 2.22. The van der Waals surface area contributed by atoms with Crippen molar-refractivity contribution < 1.29 is 9.53 Å². The second kappa shape index (κ2) is 5.90. The molecule has 1 unspecified atom stereocenters. The van der Waals surface area contributed by atoms with Crippen LogP contribution < -0.4 is 5.32 Å². The van der Waals surface area contributed by atoms with Crippen LogP contribution in [0.3, 0.4) is 0 Å². The number of nitrogens with one attached hydrogen (secondary N) is 1. The Bertz CT molecular complexity index is 559. The van der Waals surface area contributed by atoms with Gasteiger partial charge in [0.1, 0.15) is 0 Å². The topological polar surface area (TPSA) is 58.9 Å². The van der Waals surface area contributed by atoms with Gasteiger partial charge in [-0.25, -0.2) is 4.98 Å². The average Bonchev–Trinajstić information content (AvgIpc) is 3.06. The Morgan fingerprint density at radius 2 is 2.35 bits per heavy atom. The molecule has 1 atom stereocenters. The molecule has 2 aromatic heterocycles. The summed E-state index contributed by atoms with van der Waals surface area (Å²) in [7, 11) is 0. The van der Waals surface area contributed by atoms with Crippen molar-refractivity contribution in [3.05, 3.63) is 23.5 Å². The van der Waals surface area contributed by atoms with Crippen molar-refractivity contribution in [1.82, 2.24) is 19.6 Å². The van der Waals surface area contributed by atoms with Crippen LogP contribution in [-0.2, 0) is 16.1 Å². The molecule has 20 heavy (non-hydrogen) atoms. The summed E-state index contributed by atoms with van der Waals surface area (Å²) in [6.45, 7) is 5.14. The summed E-state index contributed by atoms with van der Waals surface area (Å²) < 4.78 is 7.25. The third-order valence-electron chi connectivity index (χ3n) is 3.43. The number of ether oxygens (including phenoxy) is 1. The fourth-order valence-electron chi connectivity index (χ4n) is 2.26. The average molecular weight is 294 g/mol. The van der Waals surface area contributed by atoms with Crippen LogP contribution in [0, 0.1) is 0 Å². The van der Waals surface area contributed by atoms with Crippen LogP contribution in [0.1, 0.15) is 12.6 Å². The SMILES string of the molecule is CC(NCc1cn2ccsc2n1)C(=O)N1CCOCC1. The molecule has 3 heterocycles. The zero-order chi connectivity index (χ0) is 13.9. The summed E-state index contributed by atoms with van der Waals surface area (Å²) in [5.41, 5.74) is 0.957. The number of hydrogen-bond donors (Lipinski definition) is 1. The van der Waals surface area contributed by atoms with Crippen molar-refractivity contribution in [3.8, 4) is 0 Å². The Balaban J connectivity index is 1.54. The first-order valence-electron chi connectivity index (χ1n) is 6.75. The van der Waals surface area contributed by atoms with E-state index in [0.29, 0.717) is 32.8 Å². The minimum Gasteiger partial charge on any atom is -0.378 e. The molecule has 1 amide bonds. The van der Waals surface area contributed by atoms with Crippen LogP contribution in [0.4, 0.5) is 0 Å². The summed E-state index contributed by atoms with van der Waals surface area (Å²) in [5, 5.41) is 5.25. The Kier molecular flexibility index (Phi) is 4.00. The zero-order valence-corrected chi connectivity index (χ0v) is 12.2. The quantitative estimate of drug-likeness (QED) is 0.903. The number of nitrogens with zero attached hydrogens (tertiary/aromatic N) is 3. The summed E-state index contributed by atoms with van der Waals surface area (Å²) in [6.07, 6.45) is 3.98. The Labute approximate surface area is 121 Å². The third kappa shape index (κ3) is 2.84. The van der Waals surface area contributed by atoms with Crippen LogP contribution >= 0.6 is 11.3 Å². The molecule has 2 aromatic rings. The predicted octanol–water partition coefficient (Wildman–Crippen LogP) is 0.733. The van der Waals surface area contributed by atoms with E-state index in [1.165, 1.54) is 0 Å². The number of fused-ring (bicyclic) bond motifs is 1. The van der Waals surface area contributed by atoms with E-state index >= 15 is 0 Å². The van der Waals surface area contributed by atoms with Gasteiger partial charge in [0.2, 0.25) is 5.91 Å². The van der Waals surface area contributed by atoms with Crippen molar-refractivity contribution in [1.29, 1.82) is 0 Å². The van der Waals surface area contributed by atoms with Gasteiger partial charge in [-0.1, -0.05) is 0 Å². The van der Waals surface area contributed by atoms with E-state index < -0.39 is 0 Å². The molecule has 1 aliphatic heterocycles. The first kappa shape index (κ1) is 13.5. The van der Waals surface area contributed by atoms with Gasteiger partial charge in [0.25, 0.3) is 0 Å².